The number of nitrogens with two attached hydrogens (primary N) is 2. The lowest BCUT2D eigenvalue weighted by Gasteiger charge is -2.24. The highest BCUT2D eigenvalue weighted by molar-refractivity contribution is 7.89. The van der Waals surface area contributed by atoms with E-state index in [0.29, 0.717) is 11.3 Å². The molecule has 7 heteroatoms. The van der Waals surface area contributed by atoms with Crippen LogP contribution in [0.4, 0.5) is 5.69 Å². The summed E-state index contributed by atoms with van der Waals surface area (Å²) in [6, 6.07) is 4.57. The number of amides is 1. The highest BCUT2D eigenvalue weighted by Crippen LogP contribution is 2.38. The Balaban J connectivity index is 2.29. The van der Waals surface area contributed by atoms with Gasteiger partial charge in [0.25, 0.3) is 0 Å². The predicted molar refractivity (Wildman–Crippen MR) is 76.5 cm³/mol. The summed E-state index contributed by atoms with van der Waals surface area (Å²) in [6.45, 7) is 3.29. The Hall–Kier alpha value is -1.44. The Morgan fingerprint density at radius 1 is 1.40 bits per heavy atom. The van der Waals surface area contributed by atoms with Gasteiger partial charge in [0.1, 0.15) is 0 Å². The minimum absolute atomic E-state index is 0.000413. The number of hydrogen-bond donors (Lipinski definition) is 3. The van der Waals surface area contributed by atoms with Crippen LogP contribution in [0.3, 0.4) is 0 Å². The maximum atomic E-state index is 12.2. The number of carbonyl (C=O) groups is 1. The number of primary sulfonamides is 1. The summed E-state index contributed by atoms with van der Waals surface area (Å²) in [7, 11) is -3.81. The molecule has 0 saturated heterocycles. The fourth-order valence-electron chi connectivity index (χ4n) is 2.18. The third-order valence-corrected chi connectivity index (χ3v) is 4.81. The van der Waals surface area contributed by atoms with Crippen LogP contribution >= 0.6 is 0 Å². The molecule has 6 nitrogen and oxygen atoms in total. The van der Waals surface area contributed by atoms with Crippen molar-refractivity contribution >= 4 is 21.6 Å². The SMILES string of the molecule is Cc1c(NC(=O)C(C)(N)C2CC2)cccc1S(N)(=O)=O. The van der Waals surface area contributed by atoms with Crippen molar-refractivity contribution in [2.24, 2.45) is 16.8 Å². The topological polar surface area (TPSA) is 115 Å². The van der Waals surface area contributed by atoms with E-state index in [1.54, 1.807) is 19.9 Å². The van der Waals surface area contributed by atoms with E-state index < -0.39 is 15.6 Å². The molecule has 20 heavy (non-hydrogen) atoms. The van der Waals surface area contributed by atoms with Gasteiger partial charge < -0.3 is 11.1 Å². The molecule has 1 unspecified atom stereocenters. The fourth-order valence-corrected chi connectivity index (χ4v) is 2.99. The third kappa shape index (κ3) is 2.84. The number of nitrogens with one attached hydrogen (secondary N) is 1. The molecule has 5 N–H and O–H groups in total. The van der Waals surface area contributed by atoms with E-state index >= 15 is 0 Å². The minimum atomic E-state index is -3.81. The van der Waals surface area contributed by atoms with Gasteiger partial charge in [-0.3, -0.25) is 4.79 Å². The van der Waals surface area contributed by atoms with Crippen molar-refractivity contribution in [1.29, 1.82) is 0 Å². The van der Waals surface area contributed by atoms with Crippen LogP contribution in [-0.2, 0) is 14.8 Å². The van der Waals surface area contributed by atoms with Gasteiger partial charge in [-0.05, 0) is 50.3 Å². The maximum absolute atomic E-state index is 12.2. The van der Waals surface area contributed by atoms with Crippen molar-refractivity contribution in [2.45, 2.75) is 37.1 Å². The first kappa shape index (κ1) is 15.0. The van der Waals surface area contributed by atoms with Crippen LogP contribution in [0.5, 0.6) is 0 Å². The smallest absolute Gasteiger partial charge is 0.244 e. The van der Waals surface area contributed by atoms with E-state index in [4.69, 9.17) is 10.9 Å². The molecular formula is C13H19N3O3S. The standard InChI is InChI=1S/C13H19N3O3S/c1-8-10(4-3-5-11(8)20(15,18)19)16-12(17)13(2,14)9-6-7-9/h3-5,9H,6-7,14H2,1-2H3,(H,16,17)(H2,15,18,19). The first-order chi connectivity index (χ1) is 9.14. The second-order valence-corrected chi connectivity index (χ2v) is 7.01. The monoisotopic (exact) mass is 297 g/mol. The maximum Gasteiger partial charge on any atom is 0.244 e. The van der Waals surface area contributed by atoms with Gasteiger partial charge in [0, 0.05) is 5.69 Å². The molecule has 110 valence electrons. The van der Waals surface area contributed by atoms with Gasteiger partial charge >= 0.3 is 0 Å². The summed E-state index contributed by atoms with van der Waals surface area (Å²) in [5, 5.41) is 7.84. The van der Waals surface area contributed by atoms with Crippen molar-refractivity contribution in [3.63, 3.8) is 0 Å². The second-order valence-electron chi connectivity index (χ2n) is 5.48. The molecule has 0 spiro atoms. The van der Waals surface area contributed by atoms with Crippen molar-refractivity contribution in [3.8, 4) is 0 Å². The summed E-state index contributed by atoms with van der Waals surface area (Å²) in [5.41, 5.74) is 5.92. The van der Waals surface area contributed by atoms with Gasteiger partial charge in [-0.2, -0.15) is 0 Å². The second kappa shape index (κ2) is 4.83. The fraction of sp³-hybridized carbons (Fsp3) is 0.462. The van der Waals surface area contributed by atoms with Crippen molar-refractivity contribution in [3.05, 3.63) is 23.8 Å². The molecule has 0 heterocycles. The Morgan fingerprint density at radius 2 is 2.00 bits per heavy atom. The van der Waals surface area contributed by atoms with Crippen molar-refractivity contribution in [1.82, 2.24) is 0 Å². The van der Waals surface area contributed by atoms with Gasteiger partial charge in [-0.25, -0.2) is 13.6 Å². The Bertz CT molecular complexity index is 649. The largest absolute Gasteiger partial charge is 0.324 e. The summed E-state index contributed by atoms with van der Waals surface area (Å²) in [6.07, 6.45) is 1.88. The van der Waals surface area contributed by atoms with Gasteiger partial charge in [-0.1, -0.05) is 6.07 Å². The zero-order valence-electron chi connectivity index (χ0n) is 11.5. The lowest BCUT2D eigenvalue weighted by Crippen LogP contribution is -2.50. The molecule has 1 aromatic carbocycles. The number of anilines is 1. The zero-order chi connectivity index (χ0) is 15.1. The van der Waals surface area contributed by atoms with Gasteiger partial charge in [0.2, 0.25) is 15.9 Å². The van der Waals surface area contributed by atoms with E-state index in [0.717, 1.165) is 12.8 Å². The van der Waals surface area contributed by atoms with Crippen LogP contribution in [0.1, 0.15) is 25.3 Å². The van der Waals surface area contributed by atoms with E-state index in [2.05, 4.69) is 5.32 Å². The highest BCUT2D eigenvalue weighted by atomic mass is 32.2. The number of rotatable bonds is 4. The first-order valence-electron chi connectivity index (χ1n) is 6.37. The summed E-state index contributed by atoms with van der Waals surface area (Å²) in [5.74, 6) is -0.126. The quantitative estimate of drug-likeness (QED) is 0.759. The molecule has 0 bridgehead atoms. The summed E-state index contributed by atoms with van der Waals surface area (Å²) < 4.78 is 22.9. The number of benzene rings is 1. The van der Waals surface area contributed by atoms with Crippen LogP contribution < -0.4 is 16.2 Å². The average Bonchev–Trinajstić information content (AvgIpc) is 3.14. The predicted octanol–water partition coefficient (Wildman–Crippen LogP) is 0.708. The van der Waals surface area contributed by atoms with Crippen LogP contribution in [0.2, 0.25) is 0 Å². The van der Waals surface area contributed by atoms with E-state index in [-0.39, 0.29) is 16.7 Å². The Kier molecular flexibility index (Phi) is 3.62. The molecule has 0 aromatic heterocycles. The Labute approximate surface area is 118 Å². The molecule has 1 aliphatic carbocycles. The molecule has 1 amide bonds. The van der Waals surface area contributed by atoms with Gasteiger partial charge in [0.15, 0.2) is 0 Å². The molecule has 1 aromatic rings. The van der Waals surface area contributed by atoms with Gasteiger partial charge in [0.05, 0.1) is 10.4 Å². The first-order valence-corrected chi connectivity index (χ1v) is 7.91. The Morgan fingerprint density at radius 3 is 2.50 bits per heavy atom. The van der Waals surface area contributed by atoms with Crippen molar-refractivity contribution in [2.75, 3.05) is 5.32 Å². The lowest BCUT2D eigenvalue weighted by molar-refractivity contribution is -0.121. The van der Waals surface area contributed by atoms with Crippen LogP contribution in [-0.4, -0.2) is 19.9 Å². The number of carbonyl (C=O) groups excluding carboxylic acids is 1. The number of hydrogen-bond acceptors (Lipinski definition) is 4. The van der Waals surface area contributed by atoms with Crippen LogP contribution in [0.15, 0.2) is 23.1 Å². The molecule has 0 aliphatic heterocycles. The van der Waals surface area contributed by atoms with E-state index in [9.17, 15) is 13.2 Å². The van der Waals surface area contributed by atoms with Crippen LogP contribution in [0.25, 0.3) is 0 Å². The van der Waals surface area contributed by atoms with Crippen LogP contribution in [0, 0.1) is 12.8 Å². The van der Waals surface area contributed by atoms with Crippen molar-refractivity contribution < 1.29 is 13.2 Å². The molecule has 1 saturated carbocycles. The lowest BCUT2D eigenvalue weighted by atomic mass is 9.96. The zero-order valence-corrected chi connectivity index (χ0v) is 12.3. The highest BCUT2D eigenvalue weighted by Gasteiger charge is 2.44. The molecule has 1 atom stereocenters. The molecule has 1 aliphatic rings. The third-order valence-electron chi connectivity index (χ3n) is 3.75. The summed E-state index contributed by atoms with van der Waals surface area (Å²) >= 11 is 0. The number of sulfonamides is 1. The van der Waals surface area contributed by atoms with Gasteiger partial charge in [-0.15, -0.1) is 0 Å². The van der Waals surface area contributed by atoms with E-state index in [1.165, 1.54) is 12.1 Å². The van der Waals surface area contributed by atoms with E-state index in [1.807, 2.05) is 0 Å². The summed E-state index contributed by atoms with van der Waals surface area (Å²) in [4.78, 5) is 12.2. The minimum Gasteiger partial charge on any atom is -0.324 e. The molecule has 2 rings (SSSR count). The molecule has 0 radical (unpaired) electrons. The molecular weight excluding hydrogens is 278 g/mol. The average molecular weight is 297 g/mol. The molecule has 1 fully saturated rings. The normalized spacial score (nSPS) is 18.4.